The van der Waals surface area contributed by atoms with Gasteiger partial charge in [0.2, 0.25) is 5.91 Å². The van der Waals surface area contributed by atoms with E-state index in [0.717, 1.165) is 35.3 Å². The average Bonchev–Trinajstić information content (AvgIpc) is 3.32. The van der Waals surface area contributed by atoms with Crippen molar-refractivity contribution >= 4 is 17.6 Å². The number of rotatable bonds is 4. The highest BCUT2D eigenvalue weighted by molar-refractivity contribution is 6.10. The molecular weight excluding hydrogens is 424 g/mol. The molecule has 3 aliphatic heterocycles. The highest BCUT2D eigenvalue weighted by atomic mass is 16.5. The Balaban J connectivity index is 1.61. The van der Waals surface area contributed by atoms with Crippen LogP contribution in [0.5, 0.6) is 0 Å². The molecule has 1 fully saturated rings. The number of nitrogens with one attached hydrogen (secondary N) is 1. The van der Waals surface area contributed by atoms with Crippen LogP contribution in [0.15, 0.2) is 78.9 Å². The Kier molecular flexibility index (Phi) is 5.03. The molecule has 6 rings (SSSR count). The van der Waals surface area contributed by atoms with Crippen LogP contribution < -0.4 is 5.32 Å². The van der Waals surface area contributed by atoms with E-state index in [1.165, 1.54) is 5.56 Å². The Morgan fingerprint density at radius 2 is 1.76 bits per heavy atom. The highest BCUT2D eigenvalue weighted by Gasteiger charge is 2.70. The van der Waals surface area contributed by atoms with Crippen molar-refractivity contribution in [1.82, 2.24) is 4.90 Å². The zero-order valence-electron chi connectivity index (χ0n) is 19.2. The van der Waals surface area contributed by atoms with Crippen molar-refractivity contribution in [2.24, 2.45) is 5.92 Å². The number of hydrogen-bond acceptors (Lipinski definition) is 4. The van der Waals surface area contributed by atoms with Gasteiger partial charge in [0.15, 0.2) is 0 Å². The molecule has 0 aromatic heterocycles. The lowest BCUT2D eigenvalue weighted by Crippen LogP contribution is -2.49. The summed E-state index contributed by atoms with van der Waals surface area (Å²) in [6.45, 7) is 2.91. The van der Waals surface area contributed by atoms with Gasteiger partial charge < -0.3 is 10.1 Å². The van der Waals surface area contributed by atoms with E-state index < -0.39 is 11.3 Å². The molecule has 34 heavy (non-hydrogen) atoms. The van der Waals surface area contributed by atoms with Crippen LogP contribution in [0.4, 0.5) is 5.69 Å². The third kappa shape index (κ3) is 2.90. The van der Waals surface area contributed by atoms with Gasteiger partial charge in [-0.25, -0.2) is 0 Å². The third-order valence-corrected chi connectivity index (χ3v) is 7.88. The summed E-state index contributed by atoms with van der Waals surface area (Å²) in [6.07, 6.45) is 1.58. The Morgan fingerprint density at radius 1 is 1.03 bits per heavy atom. The number of nitrogens with zero attached hydrogens (tertiary/aromatic N) is 1. The van der Waals surface area contributed by atoms with Gasteiger partial charge in [0.05, 0.1) is 18.6 Å². The molecule has 3 aromatic carbocycles. The van der Waals surface area contributed by atoms with Crippen LogP contribution in [0.25, 0.3) is 0 Å². The van der Waals surface area contributed by atoms with Crippen LogP contribution in [-0.4, -0.2) is 36.0 Å². The van der Waals surface area contributed by atoms with E-state index in [4.69, 9.17) is 4.74 Å². The smallest absolute Gasteiger partial charge is 0.312 e. The van der Waals surface area contributed by atoms with Crippen molar-refractivity contribution in [3.05, 3.63) is 101 Å². The highest BCUT2D eigenvalue weighted by Crippen LogP contribution is 2.61. The number of carbonyl (C=O) groups is 2. The number of para-hydroxylation sites is 1. The molecule has 1 spiro atoms. The first kappa shape index (κ1) is 21.1. The zero-order chi connectivity index (χ0) is 23.3. The van der Waals surface area contributed by atoms with Crippen molar-refractivity contribution < 1.29 is 14.3 Å². The molecule has 0 bridgehead atoms. The minimum absolute atomic E-state index is 0.103. The Morgan fingerprint density at radius 3 is 2.59 bits per heavy atom. The van der Waals surface area contributed by atoms with Gasteiger partial charge in [0, 0.05) is 18.3 Å². The second-order valence-corrected chi connectivity index (χ2v) is 9.44. The van der Waals surface area contributed by atoms with E-state index in [0.29, 0.717) is 6.42 Å². The fourth-order valence-corrected chi connectivity index (χ4v) is 6.66. The number of hydrogen-bond donors (Lipinski definition) is 1. The quantitative estimate of drug-likeness (QED) is 0.601. The summed E-state index contributed by atoms with van der Waals surface area (Å²) in [5.41, 5.74) is 4.21. The maximum Gasteiger partial charge on any atom is 0.312 e. The van der Waals surface area contributed by atoms with Crippen molar-refractivity contribution in [3.63, 3.8) is 0 Å². The van der Waals surface area contributed by atoms with E-state index in [1.807, 2.05) is 55.5 Å². The molecule has 0 saturated carbocycles. The standard InChI is InChI=1S/C29H28N2O3/c1-2-34-27(32)25-24(18-19-10-4-3-5-11-19)31-17-16-20-12-6-7-13-21(20)26(31)29(25)22-14-8-9-15-23(22)30-28(29)33/h3-15,24-26H,2,16-18H2,1H3,(H,30,33)/t24-,25-,26-,29-/m1/s1. The predicted octanol–water partition coefficient (Wildman–Crippen LogP) is 4.28. The van der Waals surface area contributed by atoms with Crippen molar-refractivity contribution in [2.45, 2.75) is 37.3 Å². The lowest BCUT2D eigenvalue weighted by atomic mass is 9.64. The normalized spacial score (nSPS) is 27.1. The Labute approximate surface area is 199 Å². The van der Waals surface area contributed by atoms with E-state index in [9.17, 15) is 9.59 Å². The molecule has 5 nitrogen and oxygen atoms in total. The summed E-state index contributed by atoms with van der Waals surface area (Å²) >= 11 is 0. The van der Waals surface area contributed by atoms with Crippen LogP contribution in [0, 0.1) is 5.92 Å². The lowest BCUT2D eigenvalue weighted by Gasteiger charge is -2.40. The van der Waals surface area contributed by atoms with Crippen molar-refractivity contribution in [3.8, 4) is 0 Å². The summed E-state index contributed by atoms with van der Waals surface area (Å²) in [6, 6.07) is 26.1. The van der Waals surface area contributed by atoms with Gasteiger partial charge in [-0.2, -0.15) is 0 Å². The molecule has 3 heterocycles. The predicted molar refractivity (Wildman–Crippen MR) is 130 cm³/mol. The molecule has 1 amide bonds. The molecule has 3 aromatic rings. The first-order valence-electron chi connectivity index (χ1n) is 12.1. The van der Waals surface area contributed by atoms with Crippen LogP contribution >= 0.6 is 0 Å². The minimum Gasteiger partial charge on any atom is -0.466 e. The molecule has 0 radical (unpaired) electrons. The summed E-state index contributed by atoms with van der Waals surface area (Å²) < 4.78 is 5.69. The second kappa shape index (κ2) is 8.10. The number of anilines is 1. The van der Waals surface area contributed by atoms with Gasteiger partial charge in [-0.15, -0.1) is 0 Å². The Bertz CT molecular complexity index is 1260. The van der Waals surface area contributed by atoms with Crippen LogP contribution in [0.1, 0.15) is 35.2 Å². The van der Waals surface area contributed by atoms with Crippen molar-refractivity contribution in [2.75, 3.05) is 18.5 Å². The maximum absolute atomic E-state index is 14.1. The lowest BCUT2D eigenvalue weighted by molar-refractivity contribution is -0.152. The number of ether oxygens (including phenoxy) is 1. The summed E-state index contributed by atoms with van der Waals surface area (Å²) in [5.74, 6) is -1.01. The van der Waals surface area contributed by atoms with Crippen molar-refractivity contribution in [1.29, 1.82) is 0 Å². The van der Waals surface area contributed by atoms with E-state index in [1.54, 1.807) is 0 Å². The van der Waals surface area contributed by atoms with E-state index in [2.05, 4.69) is 40.5 Å². The number of fused-ring (bicyclic) bond motifs is 6. The molecule has 3 aliphatic rings. The SMILES string of the molecule is CCOC(=O)[C@H]1[C@@H](Cc2ccccc2)N2CCc3ccccc3[C@@H]2[C@]12C(=O)Nc1ccccc12. The molecular formula is C29H28N2O3. The van der Waals surface area contributed by atoms with Crippen LogP contribution in [0.2, 0.25) is 0 Å². The first-order chi connectivity index (χ1) is 16.7. The van der Waals surface area contributed by atoms with Gasteiger partial charge in [-0.3, -0.25) is 14.5 Å². The fraction of sp³-hybridized carbons (Fsp3) is 0.310. The van der Waals surface area contributed by atoms with Gasteiger partial charge in [0.1, 0.15) is 5.41 Å². The largest absolute Gasteiger partial charge is 0.466 e. The zero-order valence-corrected chi connectivity index (χ0v) is 19.2. The maximum atomic E-state index is 14.1. The third-order valence-electron chi connectivity index (χ3n) is 7.88. The van der Waals surface area contributed by atoms with Crippen LogP contribution in [0.3, 0.4) is 0 Å². The number of amides is 1. The summed E-state index contributed by atoms with van der Waals surface area (Å²) in [7, 11) is 0. The van der Waals surface area contributed by atoms with Gasteiger partial charge >= 0.3 is 5.97 Å². The molecule has 0 unspecified atom stereocenters. The van der Waals surface area contributed by atoms with Gasteiger partial charge in [-0.1, -0.05) is 72.8 Å². The molecule has 172 valence electrons. The fourth-order valence-electron chi connectivity index (χ4n) is 6.66. The minimum atomic E-state index is -1.04. The number of carbonyl (C=O) groups excluding carboxylic acids is 2. The van der Waals surface area contributed by atoms with Crippen LogP contribution in [-0.2, 0) is 32.6 Å². The molecule has 5 heteroatoms. The monoisotopic (exact) mass is 452 g/mol. The number of benzene rings is 3. The first-order valence-corrected chi connectivity index (χ1v) is 12.1. The Hall–Kier alpha value is -3.44. The summed E-state index contributed by atoms with van der Waals surface area (Å²) in [4.78, 5) is 30.3. The van der Waals surface area contributed by atoms with Gasteiger partial charge in [0.25, 0.3) is 0 Å². The average molecular weight is 453 g/mol. The van der Waals surface area contributed by atoms with Gasteiger partial charge in [-0.05, 0) is 48.1 Å². The molecule has 0 aliphatic carbocycles. The van der Waals surface area contributed by atoms with E-state index in [-0.39, 0.29) is 30.6 Å². The second-order valence-electron chi connectivity index (χ2n) is 9.44. The van der Waals surface area contributed by atoms with E-state index >= 15 is 0 Å². The number of esters is 1. The molecule has 1 saturated heterocycles. The topological polar surface area (TPSA) is 58.6 Å². The molecule has 1 N–H and O–H groups in total. The summed E-state index contributed by atoms with van der Waals surface area (Å²) in [5, 5.41) is 3.13. The molecule has 4 atom stereocenters.